The molecule has 0 aliphatic heterocycles. The van der Waals surface area contributed by atoms with Gasteiger partial charge in [-0.25, -0.2) is 9.37 Å². The molecule has 3 rings (SSSR count). The lowest BCUT2D eigenvalue weighted by Gasteiger charge is -2.12. The quantitative estimate of drug-likeness (QED) is 0.593. The van der Waals surface area contributed by atoms with E-state index in [1.807, 2.05) is 30.6 Å². The van der Waals surface area contributed by atoms with Crippen molar-refractivity contribution in [2.45, 2.75) is 6.54 Å². The number of hydrogen-bond acceptors (Lipinski definition) is 5. The highest BCUT2D eigenvalue weighted by Gasteiger charge is 2.14. The minimum absolute atomic E-state index is 0.135. The molecule has 1 atom stereocenters. The summed E-state index contributed by atoms with van der Waals surface area (Å²) in [6.45, 7) is 0.890. The first-order chi connectivity index (χ1) is 14.0. The molecule has 6 nitrogen and oxygen atoms in total. The van der Waals surface area contributed by atoms with Crippen LogP contribution in [0.4, 0.5) is 10.1 Å². The molecule has 0 aliphatic carbocycles. The van der Waals surface area contributed by atoms with Crippen molar-refractivity contribution in [3.63, 3.8) is 0 Å². The van der Waals surface area contributed by atoms with Crippen LogP contribution >= 0.6 is 11.3 Å². The first-order valence-electron chi connectivity index (χ1n) is 9.02. The third kappa shape index (κ3) is 5.52. The van der Waals surface area contributed by atoms with Crippen molar-refractivity contribution >= 4 is 22.9 Å². The Hall–Kier alpha value is -2.97. The van der Waals surface area contributed by atoms with Crippen LogP contribution in [0.5, 0.6) is 11.5 Å². The van der Waals surface area contributed by atoms with E-state index in [0.717, 1.165) is 21.2 Å². The molecule has 0 saturated heterocycles. The van der Waals surface area contributed by atoms with Gasteiger partial charge < -0.3 is 19.7 Å². The van der Waals surface area contributed by atoms with E-state index in [1.54, 1.807) is 37.7 Å². The van der Waals surface area contributed by atoms with E-state index in [4.69, 9.17) is 9.47 Å². The van der Waals surface area contributed by atoms with E-state index in [2.05, 4.69) is 10.3 Å². The number of carbonyl (C=O) groups is 1. The summed E-state index contributed by atoms with van der Waals surface area (Å²) >= 11 is 1.54. The maximum Gasteiger partial charge on any atom is 0.279 e. The minimum atomic E-state index is -0.334. The number of anilines is 1. The number of quaternary nitrogens is 1. The molecule has 8 heteroatoms. The number of likely N-dealkylation sites (N-methyl/N-ethyl adjacent to an activating group) is 1. The topological polar surface area (TPSA) is 64.9 Å². The molecule has 2 aromatic carbocycles. The van der Waals surface area contributed by atoms with Crippen molar-refractivity contribution in [2.75, 3.05) is 33.1 Å². The van der Waals surface area contributed by atoms with Gasteiger partial charge in [-0.1, -0.05) is 0 Å². The van der Waals surface area contributed by atoms with Crippen LogP contribution < -0.4 is 19.7 Å². The van der Waals surface area contributed by atoms with Gasteiger partial charge in [0, 0.05) is 16.6 Å². The molecule has 0 radical (unpaired) electrons. The number of benzene rings is 2. The molecule has 1 aromatic heterocycles. The van der Waals surface area contributed by atoms with Gasteiger partial charge in [-0.3, -0.25) is 4.79 Å². The van der Waals surface area contributed by atoms with Crippen LogP contribution in [0.1, 0.15) is 5.69 Å². The van der Waals surface area contributed by atoms with E-state index in [0.29, 0.717) is 23.7 Å². The fourth-order valence-corrected chi connectivity index (χ4v) is 3.69. The number of hydrogen-bond donors (Lipinski definition) is 2. The Morgan fingerprint density at radius 3 is 2.55 bits per heavy atom. The van der Waals surface area contributed by atoms with Gasteiger partial charge in [0.1, 0.15) is 23.1 Å². The summed E-state index contributed by atoms with van der Waals surface area (Å²) in [5, 5.41) is 5.64. The van der Waals surface area contributed by atoms with Gasteiger partial charge >= 0.3 is 0 Å². The van der Waals surface area contributed by atoms with Crippen molar-refractivity contribution in [3.8, 4) is 22.1 Å². The Labute approximate surface area is 172 Å². The zero-order valence-electron chi connectivity index (χ0n) is 16.5. The van der Waals surface area contributed by atoms with Gasteiger partial charge in [0.05, 0.1) is 21.3 Å². The smallest absolute Gasteiger partial charge is 0.279 e. The number of aromatic nitrogens is 1. The number of rotatable bonds is 8. The first-order valence-corrected chi connectivity index (χ1v) is 9.90. The zero-order chi connectivity index (χ0) is 20.8. The maximum atomic E-state index is 12.9. The minimum Gasteiger partial charge on any atom is -0.493 e. The monoisotopic (exact) mass is 416 g/mol. The number of halogens is 1. The fraction of sp³-hybridized carbons (Fsp3) is 0.238. The van der Waals surface area contributed by atoms with E-state index < -0.39 is 0 Å². The standard InChI is InChI=1S/C21H22FN3O3S/c1-25(12-20(26)23-16-7-5-15(22)6-8-16)11-17-13-29-21(24-17)14-4-9-18(27-2)19(10-14)28-3/h4-10,13H,11-12H2,1-3H3,(H,23,26)/p+1. The van der Waals surface area contributed by atoms with Crippen LogP contribution in [0.2, 0.25) is 0 Å². The van der Waals surface area contributed by atoms with Gasteiger partial charge in [-0.15, -0.1) is 11.3 Å². The molecule has 1 heterocycles. The summed E-state index contributed by atoms with van der Waals surface area (Å²) in [6.07, 6.45) is 0. The highest BCUT2D eigenvalue weighted by atomic mass is 32.1. The highest BCUT2D eigenvalue weighted by molar-refractivity contribution is 7.13. The summed E-state index contributed by atoms with van der Waals surface area (Å²) < 4.78 is 23.6. The summed E-state index contributed by atoms with van der Waals surface area (Å²) in [7, 11) is 5.13. The molecule has 2 N–H and O–H groups in total. The van der Waals surface area contributed by atoms with Gasteiger partial charge in [0.15, 0.2) is 18.0 Å². The molecular weight excluding hydrogens is 393 g/mol. The third-order valence-electron chi connectivity index (χ3n) is 4.26. The molecule has 152 valence electrons. The number of ether oxygens (including phenoxy) is 2. The predicted octanol–water partition coefficient (Wildman–Crippen LogP) is 2.62. The average molecular weight is 416 g/mol. The largest absolute Gasteiger partial charge is 0.493 e. The lowest BCUT2D eigenvalue weighted by Crippen LogP contribution is -3.08. The number of methoxy groups -OCH3 is 2. The molecule has 0 bridgehead atoms. The first kappa shape index (κ1) is 20.8. The maximum absolute atomic E-state index is 12.9. The van der Waals surface area contributed by atoms with Gasteiger partial charge in [-0.05, 0) is 42.5 Å². The molecule has 1 unspecified atom stereocenters. The van der Waals surface area contributed by atoms with Crippen molar-refractivity contribution in [3.05, 3.63) is 59.4 Å². The molecular formula is C21H23FN3O3S+. The number of carbonyl (C=O) groups excluding carboxylic acids is 1. The van der Waals surface area contributed by atoms with Crippen LogP contribution in [0.25, 0.3) is 10.6 Å². The summed E-state index contributed by atoms with van der Waals surface area (Å²) in [4.78, 5) is 17.9. The highest BCUT2D eigenvalue weighted by Crippen LogP contribution is 2.33. The van der Waals surface area contributed by atoms with Crippen LogP contribution in [-0.4, -0.2) is 38.7 Å². The SMILES string of the molecule is COc1ccc(-c2nc(C[NH+](C)CC(=O)Nc3ccc(F)cc3)cs2)cc1OC. The Kier molecular flexibility index (Phi) is 6.79. The number of nitrogens with one attached hydrogen (secondary N) is 2. The molecule has 1 amide bonds. The van der Waals surface area contributed by atoms with Crippen molar-refractivity contribution in [2.24, 2.45) is 0 Å². The second kappa shape index (κ2) is 9.49. The number of thiazole rings is 1. The Balaban J connectivity index is 1.59. The van der Waals surface area contributed by atoms with Crippen LogP contribution in [0.15, 0.2) is 47.8 Å². The van der Waals surface area contributed by atoms with Crippen molar-refractivity contribution < 1.29 is 23.6 Å². The molecule has 0 spiro atoms. The van der Waals surface area contributed by atoms with E-state index >= 15 is 0 Å². The lowest BCUT2D eigenvalue weighted by molar-refractivity contribution is -0.885. The van der Waals surface area contributed by atoms with Gasteiger partial charge in [-0.2, -0.15) is 0 Å². The van der Waals surface area contributed by atoms with Crippen molar-refractivity contribution in [1.82, 2.24) is 4.98 Å². The molecule has 3 aromatic rings. The Bertz CT molecular complexity index is 976. The van der Waals surface area contributed by atoms with E-state index in [-0.39, 0.29) is 18.3 Å². The third-order valence-corrected chi connectivity index (χ3v) is 5.20. The van der Waals surface area contributed by atoms with Crippen LogP contribution in [-0.2, 0) is 11.3 Å². The number of nitrogens with zero attached hydrogens (tertiary/aromatic N) is 1. The molecule has 0 aliphatic rings. The Morgan fingerprint density at radius 1 is 1.14 bits per heavy atom. The second-order valence-corrected chi connectivity index (χ2v) is 7.44. The Morgan fingerprint density at radius 2 is 1.86 bits per heavy atom. The van der Waals surface area contributed by atoms with Gasteiger partial charge in [0.2, 0.25) is 0 Å². The molecule has 0 fully saturated rings. The molecule has 29 heavy (non-hydrogen) atoms. The van der Waals surface area contributed by atoms with E-state index in [1.165, 1.54) is 12.1 Å². The zero-order valence-corrected chi connectivity index (χ0v) is 17.3. The van der Waals surface area contributed by atoms with Gasteiger partial charge in [0.25, 0.3) is 5.91 Å². The second-order valence-electron chi connectivity index (χ2n) is 6.58. The average Bonchev–Trinajstić information content (AvgIpc) is 3.17. The van der Waals surface area contributed by atoms with E-state index in [9.17, 15) is 9.18 Å². The summed E-state index contributed by atoms with van der Waals surface area (Å²) in [6, 6.07) is 11.4. The lowest BCUT2D eigenvalue weighted by atomic mass is 10.2. The normalized spacial score (nSPS) is 11.7. The summed E-state index contributed by atoms with van der Waals surface area (Å²) in [5.41, 5.74) is 2.44. The number of amides is 1. The molecule has 0 saturated carbocycles. The van der Waals surface area contributed by atoms with Crippen LogP contribution in [0.3, 0.4) is 0 Å². The van der Waals surface area contributed by atoms with Crippen molar-refractivity contribution in [1.29, 1.82) is 0 Å². The predicted molar refractivity (Wildman–Crippen MR) is 111 cm³/mol. The summed E-state index contributed by atoms with van der Waals surface area (Å²) in [5.74, 6) is 0.857. The fourth-order valence-electron chi connectivity index (χ4n) is 2.87. The van der Waals surface area contributed by atoms with Crippen LogP contribution in [0, 0.1) is 5.82 Å².